The van der Waals surface area contributed by atoms with Crippen LogP contribution in [0.5, 0.6) is 11.5 Å². The van der Waals surface area contributed by atoms with Crippen LogP contribution in [0, 0.1) is 6.92 Å². The number of benzene rings is 1. The molecule has 1 saturated heterocycles. The Hall–Kier alpha value is -2.05. The fourth-order valence-corrected chi connectivity index (χ4v) is 3.45. The summed E-state index contributed by atoms with van der Waals surface area (Å²) in [5.41, 5.74) is 2.51. The number of aryl methyl sites for hydroxylation is 1. The van der Waals surface area contributed by atoms with Crippen molar-refractivity contribution in [1.82, 2.24) is 14.8 Å². The van der Waals surface area contributed by atoms with Gasteiger partial charge in [0.05, 0.1) is 25.1 Å². The normalized spacial score (nSPS) is 16.3. The number of ether oxygens (including phenoxy) is 2. The average molecular weight is 345 g/mol. The molecule has 0 unspecified atom stereocenters. The molecule has 25 heavy (non-hydrogen) atoms. The van der Waals surface area contributed by atoms with E-state index in [1.54, 1.807) is 26.4 Å². The monoisotopic (exact) mass is 345 g/mol. The number of pyridine rings is 1. The summed E-state index contributed by atoms with van der Waals surface area (Å²) < 4.78 is 10.7. The number of fused-ring (bicyclic) bond motifs is 1. The molecule has 0 amide bonds. The number of aromatic nitrogens is 1. The van der Waals surface area contributed by atoms with Crippen molar-refractivity contribution in [3.8, 4) is 11.5 Å². The van der Waals surface area contributed by atoms with Gasteiger partial charge in [-0.2, -0.15) is 0 Å². The van der Waals surface area contributed by atoms with Crippen LogP contribution in [-0.4, -0.2) is 61.7 Å². The lowest BCUT2D eigenvalue weighted by atomic mass is 10.1. The van der Waals surface area contributed by atoms with Crippen LogP contribution in [0.4, 0.5) is 0 Å². The molecule has 2 aromatic rings. The van der Waals surface area contributed by atoms with Gasteiger partial charge in [0.15, 0.2) is 5.43 Å². The molecule has 0 saturated carbocycles. The number of piperazine rings is 1. The van der Waals surface area contributed by atoms with E-state index >= 15 is 0 Å². The van der Waals surface area contributed by atoms with Crippen LogP contribution >= 0.6 is 0 Å². The molecule has 0 radical (unpaired) electrons. The summed E-state index contributed by atoms with van der Waals surface area (Å²) in [4.78, 5) is 21.3. The van der Waals surface area contributed by atoms with E-state index in [4.69, 9.17) is 9.47 Å². The first-order valence-electron chi connectivity index (χ1n) is 8.79. The Kier molecular flexibility index (Phi) is 5.30. The van der Waals surface area contributed by atoms with Crippen LogP contribution in [0.1, 0.15) is 18.2 Å². The molecular formula is C19H27N3O3. The minimum atomic E-state index is 0.0568. The Labute approximate surface area is 148 Å². The van der Waals surface area contributed by atoms with Crippen molar-refractivity contribution >= 4 is 10.9 Å². The molecule has 1 aliphatic heterocycles. The summed E-state index contributed by atoms with van der Waals surface area (Å²) in [6.45, 7) is 10.0. The van der Waals surface area contributed by atoms with E-state index in [-0.39, 0.29) is 5.43 Å². The minimum Gasteiger partial charge on any atom is -0.497 e. The molecule has 1 aliphatic rings. The molecule has 0 atom stereocenters. The third-order valence-electron chi connectivity index (χ3n) is 5.11. The van der Waals surface area contributed by atoms with Gasteiger partial charge in [-0.25, -0.2) is 0 Å². The lowest BCUT2D eigenvalue weighted by Crippen LogP contribution is -2.46. The average Bonchev–Trinajstić information content (AvgIpc) is 2.65. The van der Waals surface area contributed by atoms with Crippen molar-refractivity contribution < 1.29 is 9.47 Å². The molecule has 2 heterocycles. The van der Waals surface area contributed by atoms with Gasteiger partial charge in [-0.15, -0.1) is 0 Å². The van der Waals surface area contributed by atoms with E-state index < -0.39 is 0 Å². The van der Waals surface area contributed by atoms with E-state index in [2.05, 4.69) is 21.7 Å². The summed E-state index contributed by atoms with van der Waals surface area (Å²) in [5.74, 6) is 1.25. The van der Waals surface area contributed by atoms with Crippen LogP contribution in [0.3, 0.4) is 0 Å². The zero-order chi connectivity index (χ0) is 18.0. The topological polar surface area (TPSA) is 57.8 Å². The van der Waals surface area contributed by atoms with Crippen LogP contribution in [0.15, 0.2) is 16.9 Å². The van der Waals surface area contributed by atoms with Gasteiger partial charge in [0, 0.05) is 50.0 Å². The molecule has 136 valence electrons. The Morgan fingerprint density at radius 3 is 2.36 bits per heavy atom. The summed E-state index contributed by atoms with van der Waals surface area (Å²) in [7, 11) is 3.19. The quantitative estimate of drug-likeness (QED) is 0.898. The number of methoxy groups -OCH3 is 2. The number of likely N-dealkylation sites (N-methyl/N-ethyl adjacent to an activating group) is 1. The van der Waals surface area contributed by atoms with E-state index in [9.17, 15) is 4.79 Å². The molecule has 1 aromatic heterocycles. The standard InChI is InChI=1S/C19H27N3O3/c1-5-21-6-8-22(9-7-21)12-16-13(2)20-18-15(19(16)23)10-14(24-3)11-17(18)25-4/h10-11H,5-9,12H2,1-4H3,(H,20,23). The number of nitrogens with one attached hydrogen (secondary N) is 1. The first-order valence-corrected chi connectivity index (χ1v) is 8.79. The highest BCUT2D eigenvalue weighted by Crippen LogP contribution is 2.29. The minimum absolute atomic E-state index is 0.0568. The molecule has 1 aromatic carbocycles. The van der Waals surface area contributed by atoms with Gasteiger partial charge in [0.25, 0.3) is 0 Å². The summed E-state index contributed by atoms with van der Waals surface area (Å²) >= 11 is 0. The maximum Gasteiger partial charge on any atom is 0.194 e. The second-order valence-electron chi connectivity index (χ2n) is 6.52. The van der Waals surface area contributed by atoms with Gasteiger partial charge in [0.2, 0.25) is 0 Å². The fraction of sp³-hybridized carbons (Fsp3) is 0.526. The van der Waals surface area contributed by atoms with Crippen LogP contribution in [-0.2, 0) is 6.54 Å². The first-order chi connectivity index (χ1) is 12.1. The predicted octanol–water partition coefficient (Wildman–Crippen LogP) is 1.99. The van der Waals surface area contributed by atoms with E-state index in [0.717, 1.165) is 49.5 Å². The summed E-state index contributed by atoms with van der Waals surface area (Å²) in [6.07, 6.45) is 0. The Bertz CT molecular complexity index is 808. The van der Waals surface area contributed by atoms with Crippen molar-refractivity contribution in [3.05, 3.63) is 33.6 Å². The number of hydrogen-bond acceptors (Lipinski definition) is 5. The van der Waals surface area contributed by atoms with Crippen LogP contribution in [0.25, 0.3) is 10.9 Å². The van der Waals surface area contributed by atoms with Gasteiger partial charge in [-0.1, -0.05) is 6.92 Å². The highest BCUT2D eigenvalue weighted by molar-refractivity contribution is 5.86. The van der Waals surface area contributed by atoms with E-state index in [1.807, 2.05) is 6.92 Å². The van der Waals surface area contributed by atoms with Crippen LogP contribution < -0.4 is 14.9 Å². The zero-order valence-corrected chi connectivity index (χ0v) is 15.5. The SMILES string of the molecule is CCN1CCN(Cc2c(C)[nH]c3c(OC)cc(OC)cc3c2=O)CC1. The van der Waals surface area contributed by atoms with Gasteiger partial charge in [-0.3, -0.25) is 9.69 Å². The molecular weight excluding hydrogens is 318 g/mol. The maximum absolute atomic E-state index is 13.1. The molecule has 0 spiro atoms. The highest BCUT2D eigenvalue weighted by atomic mass is 16.5. The van der Waals surface area contributed by atoms with E-state index in [1.165, 1.54) is 0 Å². The van der Waals surface area contributed by atoms with Gasteiger partial charge in [0.1, 0.15) is 11.5 Å². The smallest absolute Gasteiger partial charge is 0.194 e. The molecule has 0 aliphatic carbocycles. The first kappa shape index (κ1) is 17.8. The third-order valence-corrected chi connectivity index (χ3v) is 5.11. The Morgan fingerprint density at radius 1 is 1.08 bits per heavy atom. The lowest BCUT2D eigenvalue weighted by Gasteiger charge is -2.34. The second-order valence-corrected chi connectivity index (χ2v) is 6.52. The highest BCUT2D eigenvalue weighted by Gasteiger charge is 2.20. The lowest BCUT2D eigenvalue weighted by molar-refractivity contribution is 0.131. The molecule has 1 fully saturated rings. The van der Waals surface area contributed by atoms with Crippen molar-refractivity contribution in [2.24, 2.45) is 0 Å². The van der Waals surface area contributed by atoms with Gasteiger partial charge >= 0.3 is 0 Å². The largest absolute Gasteiger partial charge is 0.497 e. The molecule has 6 nitrogen and oxygen atoms in total. The Morgan fingerprint density at radius 2 is 1.76 bits per heavy atom. The van der Waals surface area contributed by atoms with Crippen molar-refractivity contribution in [3.63, 3.8) is 0 Å². The Balaban J connectivity index is 1.97. The number of rotatable bonds is 5. The van der Waals surface area contributed by atoms with Crippen molar-refractivity contribution in [2.45, 2.75) is 20.4 Å². The predicted molar refractivity (Wildman–Crippen MR) is 99.8 cm³/mol. The van der Waals surface area contributed by atoms with Gasteiger partial charge < -0.3 is 19.4 Å². The molecule has 1 N–H and O–H groups in total. The zero-order valence-electron chi connectivity index (χ0n) is 15.5. The summed E-state index contributed by atoms with van der Waals surface area (Å²) in [5, 5.41) is 0.615. The van der Waals surface area contributed by atoms with Gasteiger partial charge in [-0.05, 0) is 19.5 Å². The van der Waals surface area contributed by atoms with Crippen molar-refractivity contribution in [2.75, 3.05) is 46.9 Å². The number of H-pyrrole nitrogens is 1. The number of hydrogen-bond donors (Lipinski definition) is 1. The second kappa shape index (κ2) is 7.45. The molecule has 0 bridgehead atoms. The van der Waals surface area contributed by atoms with Crippen LogP contribution in [0.2, 0.25) is 0 Å². The van der Waals surface area contributed by atoms with Crippen molar-refractivity contribution in [1.29, 1.82) is 0 Å². The molecule has 6 heteroatoms. The third kappa shape index (κ3) is 3.50. The molecule has 3 rings (SSSR count). The fourth-order valence-electron chi connectivity index (χ4n) is 3.45. The number of aromatic amines is 1. The summed E-state index contributed by atoms with van der Waals surface area (Å²) in [6, 6.07) is 3.58. The van der Waals surface area contributed by atoms with E-state index in [0.29, 0.717) is 23.4 Å². The maximum atomic E-state index is 13.1. The number of nitrogens with zero attached hydrogens (tertiary/aromatic N) is 2.